The van der Waals surface area contributed by atoms with Crippen LogP contribution in [0.5, 0.6) is 0 Å². The lowest BCUT2D eigenvalue weighted by molar-refractivity contribution is 0.210. The molecule has 2 nitrogen and oxygen atoms in total. The lowest BCUT2D eigenvalue weighted by Crippen LogP contribution is -2.41. The first-order valence-electron chi connectivity index (χ1n) is 11.1. The SMILES string of the molecule is C[C@H](CCCN(Cc1ccccc1)Cc1ccccc1)CO[Si](C)(C)C(C)(C)C. The molecule has 0 N–H and O–H groups in total. The third-order valence-corrected chi connectivity index (χ3v) is 10.7. The zero-order valence-corrected chi connectivity index (χ0v) is 20.4. The quantitative estimate of drug-likeness (QED) is 0.365. The van der Waals surface area contributed by atoms with Crippen molar-refractivity contribution in [2.24, 2.45) is 5.92 Å². The molecule has 0 spiro atoms. The van der Waals surface area contributed by atoms with Gasteiger partial charge in [0.1, 0.15) is 0 Å². The van der Waals surface area contributed by atoms with Crippen LogP contribution < -0.4 is 0 Å². The van der Waals surface area contributed by atoms with Crippen molar-refractivity contribution in [2.45, 2.75) is 71.8 Å². The minimum atomic E-state index is -1.64. The van der Waals surface area contributed by atoms with E-state index in [0.29, 0.717) is 5.92 Å². The Bertz CT molecular complexity index is 652. The maximum absolute atomic E-state index is 6.43. The fourth-order valence-corrected chi connectivity index (χ4v) is 4.35. The highest BCUT2D eigenvalue weighted by molar-refractivity contribution is 6.74. The topological polar surface area (TPSA) is 12.5 Å². The number of hydrogen-bond donors (Lipinski definition) is 0. The number of hydrogen-bond acceptors (Lipinski definition) is 2. The highest BCUT2D eigenvalue weighted by Gasteiger charge is 2.37. The van der Waals surface area contributed by atoms with Gasteiger partial charge >= 0.3 is 0 Å². The summed E-state index contributed by atoms with van der Waals surface area (Å²) >= 11 is 0. The third kappa shape index (κ3) is 8.45. The number of benzene rings is 2. The van der Waals surface area contributed by atoms with Gasteiger partial charge in [0.15, 0.2) is 8.32 Å². The summed E-state index contributed by atoms with van der Waals surface area (Å²) in [5.74, 6) is 0.611. The largest absolute Gasteiger partial charge is 0.417 e. The molecule has 29 heavy (non-hydrogen) atoms. The van der Waals surface area contributed by atoms with Crippen LogP contribution in [-0.2, 0) is 17.5 Å². The molecule has 0 aromatic heterocycles. The van der Waals surface area contributed by atoms with Gasteiger partial charge in [0, 0.05) is 19.7 Å². The first-order valence-corrected chi connectivity index (χ1v) is 14.0. The van der Waals surface area contributed by atoms with E-state index >= 15 is 0 Å². The molecule has 0 saturated carbocycles. The van der Waals surface area contributed by atoms with Crippen LogP contribution in [0.3, 0.4) is 0 Å². The monoisotopic (exact) mass is 411 g/mol. The summed E-state index contributed by atoms with van der Waals surface area (Å²) in [5.41, 5.74) is 2.77. The van der Waals surface area contributed by atoms with Gasteiger partial charge in [-0.05, 0) is 54.6 Å². The Kier molecular flexibility index (Phi) is 9.13. The molecule has 2 aromatic carbocycles. The zero-order valence-electron chi connectivity index (χ0n) is 19.4. The molecule has 0 aliphatic rings. The standard InChI is InChI=1S/C26H41NOSi/c1-23(22-28-29(5,6)26(2,3)4)14-13-19-27(20-24-15-9-7-10-16-24)21-25-17-11-8-12-18-25/h7-12,15-18,23H,13-14,19-22H2,1-6H3/t23-/m1/s1. The maximum atomic E-state index is 6.43. The Morgan fingerprint density at radius 3 is 1.79 bits per heavy atom. The van der Waals surface area contributed by atoms with Crippen LogP contribution in [0.25, 0.3) is 0 Å². The Labute approximate surface area is 180 Å². The van der Waals surface area contributed by atoms with Crippen LogP contribution in [0.1, 0.15) is 51.7 Å². The Balaban J connectivity index is 1.85. The third-order valence-electron chi connectivity index (χ3n) is 6.20. The zero-order chi connectivity index (χ0) is 21.3. The van der Waals surface area contributed by atoms with E-state index < -0.39 is 8.32 Å². The highest BCUT2D eigenvalue weighted by atomic mass is 28.4. The van der Waals surface area contributed by atoms with Crippen LogP contribution in [-0.4, -0.2) is 26.4 Å². The van der Waals surface area contributed by atoms with E-state index in [1.165, 1.54) is 24.0 Å². The first-order chi connectivity index (χ1) is 13.7. The van der Waals surface area contributed by atoms with Crippen molar-refractivity contribution in [1.82, 2.24) is 4.90 Å². The number of nitrogens with zero attached hydrogens (tertiary/aromatic N) is 1. The van der Waals surface area contributed by atoms with E-state index in [9.17, 15) is 0 Å². The molecule has 2 rings (SSSR count). The van der Waals surface area contributed by atoms with Crippen LogP contribution >= 0.6 is 0 Å². The second-order valence-corrected chi connectivity index (χ2v) is 14.8. The fraction of sp³-hybridized carbons (Fsp3) is 0.538. The first kappa shape index (κ1) is 23.9. The Morgan fingerprint density at radius 1 is 0.862 bits per heavy atom. The molecule has 0 radical (unpaired) electrons. The molecule has 2 aromatic rings. The van der Waals surface area contributed by atoms with Crippen molar-refractivity contribution >= 4 is 8.32 Å². The van der Waals surface area contributed by atoms with Crippen LogP contribution in [0.2, 0.25) is 18.1 Å². The van der Waals surface area contributed by atoms with Crippen molar-refractivity contribution in [3.63, 3.8) is 0 Å². The molecule has 0 aliphatic heterocycles. The summed E-state index contributed by atoms with van der Waals surface area (Å²) < 4.78 is 6.43. The van der Waals surface area contributed by atoms with Gasteiger partial charge in [-0.15, -0.1) is 0 Å². The van der Waals surface area contributed by atoms with Crippen LogP contribution in [0.15, 0.2) is 60.7 Å². The second kappa shape index (κ2) is 11.1. The summed E-state index contributed by atoms with van der Waals surface area (Å²) in [6.07, 6.45) is 2.43. The van der Waals surface area contributed by atoms with E-state index in [-0.39, 0.29) is 5.04 Å². The van der Waals surface area contributed by atoms with E-state index in [2.05, 4.69) is 106 Å². The van der Waals surface area contributed by atoms with Crippen molar-refractivity contribution < 1.29 is 4.43 Å². The van der Waals surface area contributed by atoms with Crippen molar-refractivity contribution in [2.75, 3.05) is 13.2 Å². The lowest BCUT2D eigenvalue weighted by atomic mass is 10.1. The number of rotatable bonds is 11. The van der Waals surface area contributed by atoms with Crippen LogP contribution in [0.4, 0.5) is 0 Å². The van der Waals surface area contributed by atoms with Gasteiger partial charge in [0.25, 0.3) is 0 Å². The molecule has 0 amide bonds. The van der Waals surface area contributed by atoms with Gasteiger partial charge < -0.3 is 4.43 Å². The second-order valence-electron chi connectivity index (χ2n) is 10.0. The Morgan fingerprint density at radius 2 is 1.34 bits per heavy atom. The molecule has 0 heterocycles. The van der Waals surface area contributed by atoms with Gasteiger partial charge in [-0.1, -0.05) is 88.4 Å². The molecule has 1 atom stereocenters. The summed E-state index contributed by atoms with van der Waals surface area (Å²) in [6.45, 7) is 18.0. The molecular weight excluding hydrogens is 370 g/mol. The maximum Gasteiger partial charge on any atom is 0.191 e. The summed E-state index contributed by atoms with van der Waals surface area (Å²) in [6, 6.07) is 21.6. The van der Waals surface area contributed by atoms with Gasteiger partial charge in [-0.25, -0.2) is 0 Å². The van der Waals surface area contributed by atoms with Crippen molar-refractivity contribution in [1.29, 1.82) is 0 Å². The molecule has 0 saturated heterocycles. The van der Waals surface area contributed by atoms with E-state index in [1.54, 1.807) is 0 Å². The molecule has 0 bridgehead atoms. The lowest BCUT2D eigenvalue weighted by Gasteiger charge is -2.37. The summed E-state index contributed by atoms with van der Waals surface area (Å²) in [4.78, 5) is 2.58. The molecule has 160 valence electrons. The van der Waals surface area contributed by atoms with Gasteiger partial charge in [-0.3, -0.25) is 4.90 Å². The average molecular weight is 412 g/mol. The fourth-order valence-electron chi connectivity index (χ4n) is 3.21. The highest BCUT2D eigenvalue weighted by Crippen LogP contribution is 2.36. The van der Waals surface area contributed by atoms with Gasteiger partial charge in [-0.2, -0.15) is 0 Å². The van der Waals surface area contributed by atoms with Gasteiger partial charge in [0.2, 0.25) is 0 Å². The predicted octanol–water partition coefficient (Wildman–Crippen LogP) is 7.13. The van der Waals surface area contributed by atoms with Crippen LogP contribution in [0, 0.1) is 5.92 Å². The average Bonchev–Trinajstić information content (AvgIpc) is 2.67. The molecule has 0 fully saturated rings. The molecule has 3 heteroatoms. The molecule has 0 unspecified atom stereocenters. The van der Waals surface area contributed by atoms with E-state index in [4.69, 9.17) is 4.43 Å². The Hall–Kier alpha value is -1.42. The normalized spacial score (nSPS) is 13.6. The van der Waals surface area contributed by atoms with Crippen molar-refractivity contribution in [3.05, 3.63) is 71.8 Å². The van der Waals surface area contributed by atoms with E-state index in [1.807, 2.05) is 0 Å². The smallest absolute Gasteiger partial charge is 0.191 e. The predicted molar refractivity (Wildman–Crippen MR) is 129 cm³/mol. The van der Waals surface area contributed by atoms with E-state index in [0.717, 1.165) is 26.2 Å². The summed E-state index contributed by atoms with van der Waals surface area (Å²) in [7, 11) is -1.64. The minimum Gasteiger partial charge on any atom is -0.417 e. The van der Waals surface area contributed by atoms with Gasteiger partial charge in [0.05, 0.1) is 0 Å². The summed E-state index contributed by atoms with van der Waals surface area (Å²) in [5, 5.41) is 0.287. The molecular formula is C26H41NOSi. The minimum absolute atomic E-state index is 0.287. The van der Waals surface area contributed by atoms with Crippen molar-refractivity contribution in [3.8, 4) is 0 Å². The molecule has 0 aliphatic carbocycles.